The van der Waals surface area contributed by atoms with Gasteiger partial charge in [-0.3, -0.25) is 9.69 Å². The fourth-order valence-corrected chi connectivity index (χ4v) is 2.48. The summed E-state index contributed by atoms with van der Waals surface area (Å²) >= 11 is 0. The number of aliphatic carboxylic acids is 1. The van der Waals surface area contributed by atoms with Crippen molar-refractivity contribution in [3.63, 3.8) is 0 Å². The molecule has 0 aromatic carbocycles. The van der Waals surface area contributed by atoms with Crippen LogP contribution in [0.5, 0.6) is 0 Å². The van der Waals surface area contributed by atoms with E-state index in [1.807, 2.05) is 0 Å². The van der Waals surface area contributed by atoms with E-state index in [1.165, 1.54) is 0 Å². The average Bonchev–Trinajstić information content (AvgIpc) is 2.92. The summed E-state index contributed by atoms with van der Waals surface area (Å²) in [7, 11) is 0. The van der Waals surface area contributed by atoms with Crippen LogP contribution in [0, 0.1) is 5.92 Å². The zero-order chi connectivity index (χ0) is 11.7. The van der Waals surface area contributed by atoms with Gasteiger partial charge in [-0.05, 0) is 45.6 Å². The number of carboxylic acid groups (broad SMARTS) is 1. The van der Waals surface area contributed by atoms with Gasteiger partial charge in [0.15, 0.2) is 0 Å². The highest BCUT2D eigenvalue weighted by Gasteiger charge is 2.38. The van der Waals surface area contributed by atoms with Gasteiger partial charge in [-0.15, -0.1) is 0 Å². The molecule has 4 heteroatoms. The number of hydrogen-bond donors (Lipinski definition) is 2. The molecule has 0 aromatic rings. The predicted molar refractivity (Wildman–Crippen MR) is 62.4 cm³/mol. The Labute approximate surface area is 97.0 Å². The highest BCUT2D eigenvalue weighted by molar-refractivity contribution is 5.74. The molecule has 2 fully saturated rings. The van der Waals surface area contributed by atoms with Gasteiger partial charge in [-0.1, -0.05) is 0 Å². The Kier molecular flexibility index (Phi) is 3.50. The summed E-state index contributed by atoms with van der Waals surface area (Å²) in [6.45, 7) is 6.47. The summed E-state index contributed by atoms with van der Waals surface area (Å²) in [4.78, 5) is 13.5. The number of nitrogens with one attached hydrogen (secondary N) is 1. The molecule has 0 amide bonds. The van der Waals surface area contributed by atoms with E-state index in [9.17, 15) is 4.79 Å². The van der Waals surface area contributed by atoms with Crippen LogP contribution in [0.15, 0.2) is 0 Å². The zero-order valence-electron chi connectivity index (χ0n) is 10.1. The molecule has 2 atom stereocenters. The molecular formula is C12H22N2O2. The Balaban J connectivity index is 1.83. The topological polar surface area (TPSA) is 52.6 Å². The molecule has 1 saturated carbocycles. The second-order valence-corrected chi connectivity index (χ2v) is 5.39. The molecule has 16 heavy (non-hydrogen) atoms. The van der Waals surface area contributed by atoms with Crippen LogP contribution in [0.2, 0.25) is 0 Å². The van der Waals surface area contributed by atoms with Crippen LogP contribution in [0.3, 0.4) is 0 Å². The lowest BCUT2D eigenvalue weighted by atomic mass is 10.1. The Bertz CT molecular complexity index is 264. The van der Waals surface area contributed by atoms with Crippen molar-refractivity contribution in [2.45, 2.75) is 51.2 Å². The van der Waals surface area contributed by atoms with Crippen LogP contribution < -0.4 is 5.32 Å². The maximum Gasteiger partial charge on any atom is 0.320 e. The highest BCUT2D eigenvalue weighted by atomic mass is 16.4. The Morgan fingerprint density at radius 1 is 1.38 bits per heavy atom. The van der Waals surface area contributed by atoms with Gasteiger partial charge in [-0.25, -0.2) is 0 Å². The molecule has 2 N–H and O–H groups in total. The summed E-state index contributed by atoms with van der Waals surface area (Å²) in [6, 6.07) is 0.622. The molecule has 0 radical (unpaired) electrons. The SMILES string of the molecule is CC(C)N1CCC(NC(C(=O)O)C2CC2)C1. The van der Waals surface area contributed by atoms with Crippen LogP contribution in [0.4, 0.5) is 0 Å². The smallest absolute Gasteiger partial charge is 0.320 e. The molecule has 2 unspecified atom stereocenters. The molecule has 92 valence electrons. The number of hydrogen-bond acceptors (Lipinski definition) is 3. The lowest BCUT2D eigenvalue weighted by molar-refractivity contribution is -0.140. The standard InChI is InChI=1S/C12H22N2O2/c1-8(2)14-6-5-10(7-14)13-11(12(15)16)9-3-4-9/h8-11,13H,3-7H2,1-2H3,(H,15,16). The fraction of sp³-hybridized carbons (Fsp3) is 0.917. The van der Waals surface area contributed by atoms with Crippen LogP contribution in [-0.4, -0.2) is 47.2 Å². The van der Waals surface area contributed by atoms with Crippen molar-refractivity contribution in [3.8, 4) is 0 Å². The van der Waals surface area contributed by atoms with Crippen molar-refractivity contribution >= 4 is 5.97 Å². The first-order chi connectivity index (χ1) is 7.58. The Morgan fingerprint density at radius 3 is 2.50 bits per heavy atom. The first-order valence-corrected chi connectivity index (χ1v) is 6.31. The largest absolute Gasteiger partial charge is 0.480 e. The molecule has 1 aliphatic carbocycles. The predicted octanol–water partition coefficient (Wildman–Crippen LogP) is 0.922. The molecule has 1 heterocycles. The van der Waals surface area contributed by atoms with Crippen LogP contribution in [0.1, 0.15) is 33.1 Å². The Hall–Kier alpha value is -0.610. The van der Waals surface area contributed by atoms with Crippen molar-refractivity contribution in [1.82, 2.24) is 10.2 Å². The highest BCUT2D eigenvalue weighted by Crippen LogP contribution is 2.33. The minimum Gasteiger partial charge on any atom is -0.480 e. The van der Waals surface area contributed by atoms with Crippen LogP contribution >= 0.6 is 0 Å². The van der Waals surface area contributed by atoms with Gasteiger partial charge in [0.25, 0.3) is 0 Å². The van der Waals surface area contributed by atoms with Gasteiger partial charge < -0.3 is 10.4 Å². The number of carbonyl (C=O) groups is 1. The summed E-state index contributed by atoms with van der Waals surface area (Å²) in [5.74, 6) is -0.295. The molecule has 0 spiro atoms. The molecule has 2 rings (SSSR count). The van der Waals surface area contributed by atoms with E-state index >= 15 is 0 Å². The van der Waals surface area contributed by atoms with Gasteiger partial charge in [-0.2, -0.15) is 0 Å². The van der Waals surface area contributed by atoms with Crippen molar-refractivity contribution in [1.29, 1.82) is 0 Å². The fourth-order valence-electron chi connectivity index (χ4n) is 2.48. The second kappa shape index (κ2) is 4.72. The van der Waals surface area contributed by atoms with Gasteiger partial charge in [0.05, 0.1) is 0 Å². The van der Waals surface area contributed by atoms with Crippen molar-refractivity contribution < 1.29 is 9.90 Å². The van der Waals surface area contributed by atoms with Crippen LogP contribution in [-0.2, 0) is 4.79 Å². The van der Waals surface area contributed by atoms with E-state index in [1.54, 1.807) is 0 Å². The number of nitrogens with zero attached hydrogens (tertiary/aromatic N) is 1. The normalized spacial score (nSPS) is 28.6. The minimum absolute atomic E-state index is 0.308. The van der Waals surface area contributed by atoms with Gasteiger partial charge in [0.2, 0.25) is 0 Å². The van der Waals surface area contributed by atoms with Crippen LogP contribution in [0.25, 0.3) is 0 Å². The molecule has 1 saturated heterocycles. The summed E-state index contributed by atoms with van der Waals surface area (Å²) < 4.78 is 0. The zero-order valence-corrected chi connectivity index (χ0v) is 10.1. The number of likely N-dealkylation sites (tertiary alicyclic amines) is 1. The first kappa shape index (κ1) is 11.9. The summed E-state index contributed by atoms with van der Waals surface area (Å²) in [5, 5.41) is 12.5. The number of rotatable bonds is 5. The van der Waals surface area contributed by atoms with E-state index < -0.39 is 5.97 Å². The monoisotopic (exact) mass is 226 g/mol. The third kappa shape index (κ3) is 2.74. The maximum absolute atomic E-state index is 11.1. The lowest BCUT2D eigenvalue weighted by Gasteiger charge is -2.22. The molecule has 2 aliphatic rings. The molecule has 1 aliphatic heterocycles. The molecular weight excluding hydrogens is 204 g/mol. The van der Waals surface area contributed by atoms with E-state index in [0.29, 0.717) is 18.0 Å². The van der Waals surface area contributed by atoms with Crippen molar-refractivity contribution in [2.24, 2.45) is 5.92 Å². The van der Waals surface area contributed by atoms with E-state index in [4.69, 9.17) is 5.11 Å². The van der Waals surface area contributed by atoms with Crippen molar-refractivity contribution in [3.05, 3.63) is 0 Å². The van der Waals surface area contributed by atoms with Gasteiger partial charge in [0.1, 0.15) is 6.04 Å². The van der Waals surface area contributed by atoms with E-state index in [2.05, 4.69) is 24.1 Å². The molecule has 0 aromatic heterocycles. The Morgan fingerprint density at radius 2 is 2.06 bits per heavy atom. The van der Waals surface area contributed by atoms with E-state index in [0.717, 1.165) is 32.4 Å². The van der Waals surface area contributed by atoms with Crippen molar-refractivity contribution in [2.75, 3.05) is 13.1 Å². The summed E-state index contributed by atoms with van der Waals surface area (Å²) in [6.07, 6.45) is 3.23. The first-order valence-electron chi connectivity index (χ1n) is 6.31. The average molecular weight is 226 g/mol. The van der Waals surface area contributed by atoms with E-state index in [-0.39, 0.29) is 6.04 Å². The quantitative estimate of drug-likeness (QED) is 0.732. The lowest BCUT2D eigenvalue weighted by Crippen LogP contribution is -2.46. The molecule has 0 bridgehead atoms. The second-order valence-electron chi connectivity index (χ2n) is 5.39. The third-order valence-corrected chi connectivity index (χ3v) is 3.72. The minimum atomic E-state index is -0.675. The van der Waals surface area contributed by atoms with Gasteiger partial charge in [0, 0.05) is 18.6 Å². The number of carboxylic acids is 1. The third-order valence-electron chi connectivity index (χ3n) is 3.72. The van der Waals surface area contributed by atoms with Gasteiger partial charge >= 0.3 is 5.97 Å². The maximum atomic E-state index is 11.1. The summed E-state index contributed by atoms with van der Waals surface area (Å²) in [5.41, 5.74) is 0. The molecule has 4 nitrogen and oxygen atoms in total.